The molecule has 0 atom stereocenters. The lowest BCUT2D eigenvalue weighted by Gasteiger charge is -2.20. The third kappa shape index (κ3) is 4.42. The van der Waals surface area contributed by atoms with Crippen molar-refractivity contribution >= 4 is 5.82 Å². The van der Waals surface area contributed by atoms with Crippen molar-refractivity contribution in [3.05, 3.63) is 36.5 Å². The first-order valence-electron chi connectivity index (χ1n) is 5.29. The third-order valence-electron chi connectivity index (χ3n) is 2.25. The van der Waals surface area contributed by atoms with E-state index in [0.29, 0.717) is 12.4 Å². The van der Waals surface area contributed by atoms with E-state index in [-0.39, 0.29) is 0 Å². The predicted molar refractivity (Wildman–Crippen MR) is 66.0 cm³/mol. The van der Waals surface area contributed by atoms with Gasteiger partial charge in [-0.2, -0.15) is 0 Å². The van der Waals surface area contributed by atoms with Crippen molar-refractivity contribution in [2.75, 3.05) is 32.5 Å². The van der Waals surface area contributed by atoms with Crippen LogP contribution in [0.5, 0.6) is 0 Å². The molecule has 0 saturated carbocycles. The second-order valence-electron chi connectivity index (χ2n) is 3.61. The van der Waals surface area contributed by atoms with E-state index in [1.54, 1.807) is 13.3 Å². The Labute approximate surface area is 96.7 Å². The molecule has 16 heavy (non-hydrogen) atoms. The molecule has 1 heterocycles. The number of nitrogens with two attached hydrogens (primary N) is 1. The number of pyridine rings is 1. The number of aromatic nitrogens is 1. The third-order valence-corrected chi connectivity index (χ3v) is 2.25. The van der Waals surface area contributed by atoms with Crippen LogP contribution in [0.25, 0.3) is 0 Å². The number of anilines is 1. The van der Waals surface area contributed by atoms with Gasteiger partial charge in [0.2, 0.25) is 0 Å². The molecule has 0 saturated heterocycles. The van der Waals surface area contributed by atoms with E-state index in [9.17, 15) is 0 Å². The largest absolute Gasteiger partial charge is 0.384 e. The van der Waals surface area contributed by atoms with E-state index in [4.69, 9.17) is 10.5 Å². The van der Waals surface area contributed by atoms with Crippen LogP contribution in [0.3, 0.4) is 0 Å². The van der Waals surface area contributed by atoms with Gasteiger partial charge in [0, 0.05) is 32.9 Å². The minimum Gasteiger partial charge on any atom is -0.384 e. The molecule has 0 aliphatic carbocycles. The van der Waals surface area contributed by atoms with Gasteiger partial charge in [-0.15, -0.1) is 6.58 Å². The second kappa shape index (κ2) is 6.98. The van der Waals surface area contributed by atoms with Gasteiger partial charge in [0.15, 0.2) is 0 Å². The molecule has 1 aromatic heterocycles. The Kier molecular flexibility index (Phi) is 5.53. The first-order valence-corrected chi connectivity index (χ1v) is 5.29. The average Bonchev–Trinajstić information content (AvgIpc) is 2.26. The molecule has 0 aromatic carbocycles. The molecule has 0 spiro atoms. The zero-order valence-electron chi connectivity index (χ0n) is 9.72. The van der Waals surface area contributed by atoms with Crippen molar-refractivity contribution in [1.29, 1.82) is 0 Å². The summed E-state index contributed by atoms with van der Waals surface area (Å²) >= 11 is 0. The minimum absolute atomic E-state index is 0.558. The summed E-state index contributed by atoms with van der Waals surface area (Å²) in [4.78, 5) is 6.21. The standard InChI is InChI=1S/C12H19N3O/c1-3-6-15(7-8-16-2)10-11-4-5-14-12(13)9-11/h3-5,9H,1,6-8,10H2,2H3,(H2,13,14). The summed E-state index contributed by atoms with van der Waals surface area (Å²) in [6.07, 6.45) is 3.62. The van der Waals surface area contributed by atoms with Crippen LogP contribution in [0.15, 0.2) is 31.0 Å². The summed E-state index contributed by atoms with van der Waals surface area (Å²) in [5.74, 6) is 0.558. The van der Waals surface area contributed by atoms with Crippen molar-refractivity contribution < 1.29 is 4.74 Å². The number of hydrogen-bond donors (Lipinski definition) is 1. The quantitative estimate of drug-likeness (QED) is 0.705. The summed E-state index contributed by atoms with van der Waals surface area (Å²) in [5.41, 5.74) is 6.79. The van der Waals surface area contributed by atoms with E-state index in [2.05, 4.69) is 16.5 Å². The summed E-state index contributed by atoms with van der Waals surface area (Å²) in [6.45, 7) is 7.02. The van der Waals surface area contributed by atoms with E-state index in [1.165, 1.54) is 0 Å². The van der Waals surface area contributed by atoms with Gasteiger partial charge in [-0.3, -0.25) is 4.90 Å². The van der Waals surface area contributed by atoms with Crippen molar-refractivity contribution in [2.24, 2.45) is 0 Å². The maximum absolute atomic E-state index is 5.63. The maximum atomic E-state index is 5.63. The lowest BCUT2D eigenvalue weighted by Crippen LogP contribution is -2.27. The van der Waals surface area contributed by atoms with Crippen LogP contribution in [0, 0.1) is 0 Å². The highest BCUT2D eigenvalue weighted by Crippen LogP contribution is 2.06. The fourth-order valence-electron chi connectivity index (χ4n) is 1.49. The molecule has 0 unspecified atom stereocenters. The van der Waals surface area contributed by atoms with E-state index >= 15 is 0 Å². The summed E-state index contributed by atoms with van der Waals surface area (Å²) in [7, 11) is 1.70. The van der Waals surface area contributed by atoms with Gasteiger partial charge in [0.1, 0.15) is 5.82 Å². The van der Waals surface area contributed by atoms with Crippen molar-refractivity contribution in [2.45, 2.75) is 6.54 Å². The highest BCUT2D eigenvalue weighted by molar-refractivity contribution is 5.31. The predicted octanol–water partition coefficient (Wildman–Crippen LogP) is 1.30. The van der Waals surface area contributed by atoms with Crippen LogP contribution < -0.4 is 5.73 Å². The molecule has 1 rings (SSSR count). The summed E-state index contributed by atoms with van der Waals surface area (Å²) in [6, 6.07) is 3.86. The lowest BCUT2D eigenvalue weighted by atomic mass is 10.2. The van der Waals surface area contributed by atoms with Gasteiger partial charge >= 0.3 is 0 Å². The van der Waals surface area contributed by atoms with Gasteiger partial charge in [-0.1, -0.05) is 6.08 Å². The lowest BCUT2D eigenvalue weighted by molar-refractivity contribution is 0.151. The second-order valence-corrected chi connectivity index (χ2v) is 3.61. The van der Waals surface area contributed by atoms with Gasteiger partial charge in [-0.05, 0) is 17.7 Å². The van der Waals surface area contributed by atoms with Crippen LogP contribution in [-0.2, 0) is 11.3 Å². The number of methoxy groups -OCH3 is 1. The summed E-state index contributed by atoms with van der Waals surface area (Å²) < 4.78 is 5.07. The molecular formula is C12H19N3O. The zero-order chi connectivity index (χ0) is 11.8. The Morgan fingerprint density at radius 3 is 3.06 bits per heavy atom. The molecule has 88 valence electrons. The Bertz CT molecular complexity index is 328. The Morgan fingerprint density at radius 2 is 2.44 bits per heavy atom. The van der Waals surface area contributed by atoms with Gasteiger partial charge in [0.25, 0.3) is 0 Å². The first kappa shape index (κ1) is 12.7. The highest BCUT2D eigenvalue weighted by atomic mass is 16.5. The average molecular weight is 221 g/mol. The van der Waals surface area contributed by atoms with Crippen LogP contribution >= 0.6 is 0 Å². The van der Waals surface area contributed by atoms with Crippen LogP contribution in [0.1, 0.15) is 5.56 Å². The minimum atomic E-state index is 0.558. The van der Waals surface area contributed by atoms with Crippen LogP contribution in [-0.4, -0.2) is 36.7 Å². The van der Waals surface area contributed by atoms with Crippen molar-refractivity contribution in [3.63, 3.8) is 0 Å². The van der Waals surface area contributed by atoms with Crippen LogP contribution in [0.2, 0.25) is 0 Å². The Morgan fingerprint density at radius 1 is 1.62 bits per heavy atom. The number of hydrogen-bond acceptors (Lipinski definition) is 4. The molecular weight excluding hydrogens is 202 g/mol. The van der Waals surface area contributed by atoms with E-state index in [1.807, 2.05) is 18.2 Å². The van der Waals surface area contributed by atoms with Gasteiger partial charge in [-0.25, -0.2) is 4.98 Å². The topological polar surface area (TPSA) is 51.4 Å². The van der Waals surface area contributed by atoms with Crippen molar-refractivity contribution in [3.8, 4) is 0 Å². The van der Waals surface area contributed by atoms with Gasteiger partial charge < -0.3 is 10.5 Å². The first-order chi connectivity index (χ1) is 7.76. The number of nitrogen functional groups attached to an aromatic ring is 1. The van der Waals surface area contributed by atoms with Gasteiger partial charge in [0.05, 0.1) is 6.61 Å². The monoisotopic (exact) mass is 221 g/mol. The molecule has 0 aliphatic rings. The maximum Gasteiger partial charge on any atom is 0.123 e. The molecule has 0 fully saturated rings. The number of rotatable bonds is 7. The zero-order valence-corrected chi connectivity index (χ0v) is 9.72. The Hall–Kier alpha value is -1.39. The SMILES string of the molecule is C=CCN(CCOC)Cc1ccnc(N)c1. The molecule has 1 aromatic rings. The normalized spacial score (nSPS) is 10.6. The molecule has 4 nitrogen and oxygen atoms in total. The smallest absolute Gasteiger partial charge is 0.123 e. The molecule has 2 N–H and O–H groups in total. The Balaban J connectivity index is 2.56. The summed E-state index contributed by atoms with van der Waals surface area (Å²) in [5, 5.41) is 0. The molecule has 0 radical (unpaired) electrons. The fraction of sp³-hybridized carbons (Fsp3) is 0.417. The van der Waals surface area contributed by atoms with E-state index < -0.39 is 0 Å². The number of ether oxygens (including phenoxy) is 1. The van der Waals surface area contributed by atoms with E-state index in [0.717, 1.165) is 25.2 Å². The number of nitrogens with zero attached hydrogens (tertiary/aromatic N) is 2. The molecule has 0 bridgehead atoms. The molecule has 0 amide bonds. The highest BCUT2D eigenvalue weighted by Gasteiger charge is 2.04. The van der Waals surface area contributed by atoms with Crippen molar-refractivity contribution in [1.82, 2.24) is 9.88 Å². The molecule has 0 aliphatic heterocycles. The fourth-order valence-corrected chi connectivity index (χ4v) is 1.49. The molecule has 4 heteroatoms. The van der Waals surface area contributed by atoms with Crippen LogP contribution in [0.4, 0.5) is 5.82 Å².